The fourth-order valence-electron chi connectivity index (χ4n) is 5.70. The van der Waals surface area contributed by atoms with Gasteiger partial charge in [0.15, 0.2) is 0 Å². The van der Waals surface area contributed by atoms with Crippen LogP contribution in [0.4, 0.5) is 0 Å². The third-order valence-corrected chi connectivity index (χ3v) is 7.45. The van der Waals surface area contributed by atoms with Crippen molar-refractivity contribution in [1.29, 1.82) is 0 Å². The van der Waals surface area contributed by atoms with Crippen molar-refractivity contribution in [3.05, 3.63) is 53.1 Å². The van der Waals surface area contributed by atoms with Gasteiger partial charge in [0, 0.05) is 5.41 Å². The molecular weight excluding hydrogens is 371 g/mol. The molecular formula is C30H43B. The lowest BCUT2D eigenvalue weighted by Gasteiger charge is -2.33. The topological polar surface area (TPSA) is 0 Å². The van der Waals surface area contributed by atoms with Gasteiger partial charge in [0.2, 0.25) is 0 Å². The van der Waals surface area contributed by atoms with Crippen molar-refractivity contribution >= 4 is 13.3 Å². The standard InChI is InChI=1S/C30H43B/c1-4-6-8-10-12-14-20-30(21-15-13-11-9-7-5-2)28-22-24(3)16-18-26(28)27-19-17-25(31)23-29(27)30/h16-19,22-23H,4-15,20-21H2,1-3H3. The van der Waals surface area contributed by atoms with E-state index < -0.39 is 0 Å². The Morgan fingerprint density at radius 1 is 0.613 bits per heavy atom. The Balaban J connectivity index is 1.85. The van der Waals surface area contributed by atoms with E-state index in [1.165, 1.54) is 112 Å². The summed E-state index contributed by atoms with van der Waals surface area (Å²) in [7, 11) is 6.34. The molecule has 0 aliphatic heterocycles. The molecule has 0 unspecified atom stereocenters. The molecule has 2 radical (unpaired) electrons. The zero-order valence-corrected chi connectivity index (χ0v) is 20.4. The normalized spacial score (nSPS) is 13.9. The SMILES string of the molecule is [B]c1ccc2c(c1)C(CCCCCCCC)(CCCCCCCC)c1cc(C)ccc1-2. The van der Waals surface area contributed by atoms with Gasteiger partial charge in [0.05, 0.1) is 0 Å². The van der Waals surface area contributed by atoms with Crippen molar-refractivity contribution in [2.24, 2.45) is 0 Å². The number of unbranched alkanes of at least 4 members (excludes halogenated alkanes) is 10. The highest BCUT2D eigenvalue weighted by molar-refractivity contribution is 6.32. The fourth-order valence-corrected chi connectivity index (χ4v) is 5.70. The van der Waals surface area contributed by atoms with E-state index in [0.29, 0.717) is 0 Å². The molecule has 0 amide bonds. The van der Waals surface area contributed by atoms with Gasteiger partial charge in [-0.1, -0.05) is 138 Å². The van der Waals surface area contributed by atoms with E-state index in [1.54, 1.807) is 5.56 Å². The fraction of sp³-hybridized carbons (Fsp3) is 0.600. The first-order valence-electron chi connectivity index (χ1n) is 13.1. The number of hydrogen-bond acceptors (Lipinski definition) is 0. The first-order valence-corrected chi connectivity index (χ1v) is 13.1. The summed E-state index contributed by atoms with van der Waals surface area (Å²) in [5.41, 5.74) is 8.43. The Kier molecular flexibility index (Phi) is 9.30. The average Bonchev–Trinajstić information content (AvgIpc) is 3.02. The maximum atomic E-state index is 6.34. The molecule has 0 aromatic heterocycles. The largest absolute Gasteiger partial charge is 0.113 e. The summed E-state index contributed by atoms with van der Waals surface area (Å²) >= 11 is 0. The molecule has 0 fully saturated rings. The first kappa shape index (κ1) is 24.2. The minimum atomic E-state index is 0.154. The molecule has 0 spiro atoms. The minimum absolute atomic E-state index is 0.154. The molecule has 0 bridgehead atoms. The summed E-state index contributed by atoms with van der Waals surface area (Å²) < 4.78 is 0. The summed E-state index contributed by atoms with van der Waals surface area (Å²) in [6.45, 7) is 6.85. The monoisotopic (exact) mass is 414 g/mol. The Hall–Kier alpha value is -1.50. The van der Waals surface area contributed by atoms with Crippen LogP contribution in [0.1, 0.15) is 120 Å². The molecule has 1 heteroatoms. The molecule has 0 heterocycles. The lowest BCUT2D eigenvalue weighted by Crippen LogP contribution is -2.26. The molecule has 1 aliphatic rings. The maximum Gasteiger partial charge on any atom is 0.113 e. The van der Waals surface area contributed by atoms with Crippen molar-refractivity contribution in [3.63, 3.8) is 0 Å². The van der Waals surface area contributed by atoms with E-state index in [2.05, 4.69) is 57.2 Å². The quantitative estimate of drug-likeness (QED) is 0.215. The lowest BCUT2D eigenvalue weighted by atomic mass is 9.69. The van der Waals surface area contributed by atoms with Gasteiger partial charge in [-0.05, 0) is 42.0 Å². The lowest BCUT2D eigenvalue weighted by molar-refractivity contribution is 0.398. The molecule has 0 N–H and O–H groups in total. The van der Waals surface area contributed by atoms with Crippen LogP contribution in [0.5, 0.6) is 0 Å². The summed E-state index contributed by atoms with van der Waals surface area (Å²) in [4.78, 5) is 0. The highest BCUT2D eigenvalue weighted by Crippen LogP contribution is 2.54. The molecule has 1 aliphatic carbocycles. The smallest absolute Gasteiger partial charge is 0.0963 e. The summed E-state index contributed by atoms with van der Waals surface area (Å²) in [5, 5.41) is 0. The Morgan fingerprint density at radius 3 is 1.68 bits per heavy atom. The molecule has 0 nitrogen and oxygen atoms in total. The van der Waals surface area contributed by atoms with Gasteiger partial charge in [0.25, 0.3) is 0 Å². The van der Waals surface area contributed by atoms with E-state index in [4.69, 9.17) is 7.85 Å². The second kappa shape index (κ2) is 11.9. The zero-order valence-electron chi connectivity index (χ0n) is 20.4. The van der Waals surface area contributed by atoms with Gasteiger partial charge >= 0.3 is 0 Å². The van der Waals surface area contributed by atoms with Crippen LogP contribution in [0.2, 0.25) is 0 Å². The third-order valence-electron chi connectivity index (χ3n) is 7.45. The van der Waals surface area contributed by atoms with Crippen LogP contribution < -0.4 is 5.46 Å². The van der Waals surface area contributed by atoms with Gasteiger partial charge in [-0.15, -0.1) is 0 Å². The van der Waals surface area contributed by atoms with Gasteiger partial charge < -0.3 is 0 Å². The van der Waals surface area contributed by atoms with Crippen LogP contribution in [0.15, 0.2) is 36.4 Å². The van der Waals surface area contributed by atoms with Crippen molar-refractivity contribution in [1.82, 2.24) is 0 Å². The number of fused-ring (bicyclic) bond motifs is 3. The first-order chi connectivity index (χ1) is 15.1. The van der Waals surface area contributed by atoms with Crippen LogP contribution in [0.25, 0.3) is 11.1 Å². The summed E-state index contributed by atoms with van der Waals surface area (Å²) in [6.07, 6.45) is 18.8. The van der Waals surface area contributed by atoms with E-state index in [0.717, 1.165) is 5.46 Å². The van der Waals surface area contributed by atoms with Crippen LogP contribution in [0, 0.1) is 6.92 Å². The summed E-state index contributed by atoms with van der Waals surface area (Å²) in [6, 6.07) is 13.8. The highest BCUT2D eigenvalue weighted by atomic mass is 14.4. The number of aryl methyl sites for hydroxylation is 1. The molecule has 166 valence electrons. The van der Waals surface area contributed by atoms with Gasteiger partial charge in [-0.3, -0.25) is 0 Å². The van der Waals surface area contributed by atoms with E-state index in [-0.39, 0.29) is 5.41 Å². The van der Waals surface area contributed by atoms with Crippen molar-refractivity contribution < 1.29 is 0 Å². The minimum Gasteiger partial charge on any atom is -0.0963 e. The highest BCUT2D eigenvalue weighted by Gasteiger charge is 2.42. The summed E-state index contributed by atoms with van der Waals surface area (Å²) in [5.74, 6) is 0. The molecule has 0 saturated carbocycles. The van der Waals surface area contributed by atoms with Gasteiger partial charge in [0.1, 0.15) is 7.85 Å². The number of rotatable bonds is 14. The second-order valence-electron chi connectivity index (χ2n) is 9.97. The Morgan fingerprint density at radius 2 is 1.10 bits per heavy atom. The molecule has 31 heavy (non-hydrogen) atoms. The van der Waals surface area contributed by atoms with Crippen molar-refractivity contribution in [3.8, 4) is 11.1 Å². The van der Waals surface area contributed by atoms with Crippen LogP contribution in [0.3, 0.4) is 0 Å². The molecule has 0 atom stereocenters. The van der Waals surface area contributed by atoms with Gasteiger partial charge in [-0.25, -0.2) is 0 Å². The van der Waals surface area contributed by atoms with E-state index in [1.807, 2.05) is 0 Å². The predicted octanol–water partition coefficient (Wildman–Crippen LogP) is 8.56. The molecule has 2 aromatic carbocycles. The van der Waals surface area contributed by atoms with E-state index in [9.17, 15) is 0 Å². The second-order valence-corrected chi connectivity index (χ2v) is 9.97. The van der Waals surface area contributed by atoms with Crippen molar-refractivity contribution in [2.45, 2.75) is 116 Å². The Bertz CT molecular complexity index is 750. The van der Waals surface area contributed by atoms with Crippen LogP contribution in [-0.4, -0.2) is 7.85 Å². The maximum absolute atomic E-state index is 6.34. The molecule has 3 rings (SSSR count). The average molecular weight is 414 g/mol. The van der Waals surface area contributed by atoms with Crippen LogP contribution in [-0.2, 0) is 5.41 Å². The predicted molar refractivity (Wildman–Crippen MR) is 139 cm³/mol. The Labute approximate surface area is 193 Å². The molecule has 2 aromatic rings. The van der Waals surface area contributed by atoms with E-state index >= 15 is 0 Å². The third kappa shape index (κ3) is 5.85. The number of hydrogen-bond donors (Lipinski definition) is 0. The van der Waals surface area contributed by atoms with Crippen molar-refractivity contribution in [2.75, 3.05) is 0 Å². The molecule has 0 saturated heterocycles. The van der Waals surface area contributed by atoms with Gasteiger partial charge in [-0.2, -0.15) is 0 Å². The zero-order chi connectivity index (χ0) is 22.1. The number of benzene rings is 2. The van der Waals surface area contributed by atoms with Crippen LogP contribution >= 0.6 is 0 Å².